The Labute approximate surface area is 195 Å². The van der Waals surface area contributed by atoms with Crippen LogP contribution in [-0.4, -0.2) is 45.2 Å². The Hall–Kier alpha value is -2.65. The summed E-state index contributed by atoms with van der Waals surface area (Å²) in [6.07, 6.45) is 5.74. The van der Waals surface area contributed by atoms with Crippen LogP contribution in [0, 0.1) is 12.8 Å². The molecule has 0 aliphatic heterocycles. The van der Waals surface area contributed by atoms with Crippen LogP contribution >= 0.6 is 10.6 Å². The van der Waals surface area contributed by atoms with Crippen molar-refractivity contribution < 1.29 is 18.6 Å². The highest BCUT2D eigenvalue weighted by molar-refractivity contribution is 8.23. The first kappa shape index (κ1) is 23.5. The highest BCUT2D eigenvalue weighted by atomic mass is 32.3. The summed E-state index contributed by atoms with van der Waals surface area (Å²) in [4.78, 5) is 17.3. The van der Waals surface area contributed by atoms with Gasteiger partial charge in [0.05, 0.1) is 12.1 Å². The van der Waals surface area contributed by atoms with E-state index in [-0.39, 0.29) is 5.91 Å². The number of nitrogens with zero attached hydrogens (tertiary/aromatic N) is 1. The number of ether oxygens (including phenoxy) is 1. The molecule has 0 unspecified atom stereocenters. The molecule has 1 aliphatic carbocycles. The second-order valence-corrected chi connectivity index (χ2v) is 11.2. The van der Waals surface area contributed by atoms with E-state index in [4.69, 9.17) is 4.74 Å². The number of fused-ring (bicyclic) bond motifs is 1. The van der Waals surface area contributed by atoms with Gasteiger partial charge in [0, 0.05) is 47.9 Å². The monoisotopic (exact) mass is 469 g/mol. The Kier molecular flexibility index (Phi) is 7.19. The van der Waals surface area contributed by atoms with Crippen molar-refractivity contribution in [2.75, 3.05) is 30.5 Å². The van der Waals surface area contributed by atoms with E-state index in [0.29, 0.717) is 30.3 Å². The number of carbonyl (C=O) groups excluding carboxylic acids is 1. The average Bonchev–Trinajstić information content (AvgIpc) is 3.61. The fourth-order valence-corrected chi connectivity index (χ4v) is 4.05. The minimum atomic E-state index is -2.48. The lowest BCUT2D eigenvalue weighted by molar-refractivity contribution is 0.102. The number of amides is 1. The number of benzene rings is 2. The third kappa shape index (κ3) is 6.68. The molecule has 4 N–H and O–H groups in total. The van der Waals surface area contributed by atoms with Crippen LogP contribution < -0.4 is 15.4 Å². The maximum absolute atomic E-state index is 12.7. The molecular weight excluding hydrogens is 438 g/mol. The molecule has 1 aromatic heterocycles. The molecule has 7 nitrogen and oxygen atoms in total. The fraction of sp³-hybridized carbons (Fsp3) is 0.360. The fourth-order valence-electron chi connectivity index (χ4n) is 3.52. The molecule has 0 saturated heterocycles. The van der Waals surface area contributed by atoms with E-state index in [0.717, 1.165) is 40.1 Å². The molecule has 2 aromatic carbocycles. The lowest BCUT2D eigenvalue weighted by Gasteiger charge is -2.26. The maximum atomic E-state index is 12.7. The Morgan fingerprint density at radius 3 is 2.64 bits per heavy atom. The Morgan fingerprint density at radius 1 is 1.18 bits per heavy atom. The van der Waals surface area contributed by atoms with E-state index < -0.39 is 10.6 Å². The van der Waals surface area contributed by atoms with Crippen LogP contribution in [0.25, 0.3) is 10.9 Å². The summed E-state index contributed by atoms with van der Waals surface area (Å²) in [6, 6.07) is 13.1. The Morgan fingerprint density at radius 2 is 1.94 bits per heavy atom. The second-order valence-electron chi connectivity index (χ2n) is 8.76. The van der Waals surface area contributed by atoms with Crippen LogP contribution in [0.3, 0.4) is 0 Å². The van der Waals surface area contributed by atoms with Gasteiger partial charge >= 0.3 is 0 Å². The number of carbonyl (C=O) groups is 1. The molecule has 0 spiro atoms. The van der Waals surface area contributed by atoms with Crippen LogP contribution in [0.4, 0.5) is 5.69 Å². The molecule has 0 atom stereocenters. The van der Waals surface area contributed by atoms with Gasteiger partial charge in [0.1, 0.15) is 5.75 Å². The highest BCUT2D eigenvalue weighted by Crippen LogP contribution is 2.32. The van der Waals surface area contributed by atoms with Gasteiger partial charge in [-0.2, -0.15) is 10.6 Å². The molecule has 176 valence electrons. The molecule has 33 heavy (non-hydrogen) atoms. The molecule has 1 aliphatic rings. The third-order valence-electron chi connectivity index (χ3n) is 5.70. The summed E-state index contributed by atoms with van der Waals surface area (Å²) < 4.78 is 24.6. The van der Waals surface area contributed by atoms with E-state index in [1.165, 1.54) is 19.1 Å². The largest absolute Gasteiger partial charge is 0.493 e. The molecule has 1 heterocycles. The van der Waals surface area contributed by atoms with Gasteiger partial charge in [-0.05, 0) is 73.2 Å². The van der Waals surface area contributed by atoms with E-state index in [1.54, 1.807) is 18.3 Å². The molecule has 1 amide bonds. The number of rotatable bonds is 10. The van der Waals surface area contributed by atoms with E-state index >= 15 is 0 Å². The smallest absolute Gasteiger partial charge is 0.255 e. The molecule has 1 saturated carbocycles. The number of aromatic nitrogens is 1. The zero-order valence-corrected chi connectivity index (χ0v) is 19.8. The van der Waals surface area contributed by atoms with Crippen molar-refractivity contribution in [1.29, 1.82) is 0 Å². The van der Waals surface area contributed by atoms with E-state index in [2.05, 4.69) is 21.7 Å². The molecule has 8 heteroatoms. The van der Waals surface area contributed by atoms with Gasteiger partial charge in [-0.3, -0.25) is 18.9 Å². The lowest BCUT2D eigenvalue weighted by Crippen LogP contribution is -2.20. The average molecular weight is 470 g/mol. The Bertz CT molecular complexity index is 1120. The van der Waals surface area contributed by atoms with Crippen molar-refractivity contribution in [2.45, 2.75) is 26.3 Å². The summed E-state index contributed by atoms with van der Waals surface area (Å²) in [5.74, 6) is 1.63. The first-order valence-electron chi connectivity index (χ1n) is 11.1. The number of pyridine rings is 1. The number of hydrogen-bond acceptors (Lipinski definition) is 6. The van der Waals surface area contributed by atoms with Gasteiger partial charge in [-0.1, -0.05) is 6.07 Å². The van der Waals surface area contributed by atoms with Gasteiger partial charge in [-0.15, -0.1) is 0 Å². The van der Waals surface area contributed by atoms with Crippen molar-refractivity contribution in [3.63, 3.8) is 0 Å². The quantitative estimate of drug-likeness (QED) is 0.310. The molecule has 0 bridgehead atoms. The van der Waals surface area contributed by atoms with Gasteiger partial charge in [0.15, 0.2) is 0 Å². The lowest BCUT2D eigenvalue weighted by atomic mass is 10.1. The number of anilines is 1. The Balaban J connectivity index is 1.38. The first-order chi connectivity index (χ1) is 15.8. The normalized spacial score (nSPS) is 14.3. The molecule has 4 rings (SSSR count). The molecule has 1 fully saturated rings. The van der Waals surface area contributed by atoms with Crippen molar-refractivity contribution in [2.24, 2.45) is 5.92 Å². The van der Waals surface area contributed by atoms with Crippen LogP contribution in [0.15, 0.2) is 48.7 Å². The summed E-state index contributed by atoms with van der Waals surface area (Å²) in [5, 5.41) is 7.19. The first-order valence-corrected chi connectivity index (χ1v) is 13.2. The van der Waals surface area contributed by atoms with Crippen molar-refractivity contribution in [3.8, 4) is 5.75 Å². The number of nitrogens with one attached hydrogen (secondary N) is 2. The third-order valence-corrected chi connectivity index (χ3v) is 6.68. The summed E-state index contributed by atoms with van der Waals surface area (Å²) in [7, 11) is -2.48. The standard InChI is InChI=1S/C25H31N3O4S/c1-17-23(28-25(29)20-5-8-22(9-6-20)32-16-18-3-4-18)10-7-21-13-19(15-27-24(17)21)14-26-11-12-33(2,30)31/h5-10,13,15,18,26,30-31H,3-4,11-12,14,16H2,1-2H3,(H,28,29). The van der Waals surface area contributed by atoms with Crippen LogP contribution in [0.1, 0.15) is 34.3 Å². The summed E-state index contributed by atoms with van der Waals surface area (Å²) >= 11 is 0. The number of aryl methyl sites for hydroxylation is 1. The number of hydrogen-bond donors (Lipinski definition) is 4. The maximum Gasteiger partial charge on any atom is 0.255 e. The van der Waals surface area contributed by atoms with E-state index in [9.17, 15) is 13.9 Å². The molecule has 0 radical (unpaired) electrons. The topological polar surface area (TPSA) is 104 Å². The SMILES string of the molecule is Cc1c(NC(=O)c2ccc(OCC3CC3)cc2)ccc2cc(CNCCS(C)(O)O)cnc12. The predicted molar refractivity (Wildman–Crippen MR) is 134 cm³/mol. The zero-order valence-electron chi connectivity index (χ0n) is 19.0. The van der Waals surface area contributed by atoms with Crippen molar-refractivity contribution in [3.05, 3.63) is 65.4 Å². The van der Waals surface area contributed by atoms with Gasteiger partial charge < -0.3 is 15.4 Å². The minimum Gasteiger partial charge on any atom is -0.493 e. The van der Waals surface area contributed by atoms with Gasteiger partial charge in [0.2, 0.25) is 0 Å². The second kappa shape index (κ2) is 10.1. The predicted octanol–water partition coefficient (Wildman–Crippen LogP) is 5.05. The van der Waals surface area contributed by atoms with Crippen LogP contribution in [0.5, 0.6) is 5.75 Å². The van der Waals surface area contributed by atoms with E-state index in [1.807, 2.05) is 31.2 Å². The van der Waals surface area contributed by atoms with Crippen LogP contribution in [-0.2, 0) is 6.54 Å². The van der Waals surface area contributed by atoms with Gasteiger partial charge in [-0.25, -0.2) is 0 Å². The van der Waals surface area contributed by atoms with Gasteiger partial charge in [0.25, 0.3) is 5.91 Å². The summed E-state index contributed by atoms with van der Waals surface area (Å²) in [6.45, 7) is 3.81. The minimum absolute atomic E-state index is 0.172. The van der Waals surface area contributed by atoms with Crippen molar-refractivity contribution in [1.82, 2.24) is 10.3 Å². The zero-order chi connectivity index (χ0) is 23.4. The van der Waals surface area contributed by atoms with Crippen LogP contribution in [0.2, 0.25) is 0 Å². The van der Waals surface area contributed by atoms with Crippen molar-refractivity contribution >= 4 is 33.1 Å². The highest BCUT2D eigenvalue weighted by Gasteiger charge is 2.22. The molecular formula is C25H31N3O4S. The molecule has 3 aromatic rings. The summed E-state index contributed by atoms with van der Waals surface area (Å²) in [5.41, 5.74) is 4.06.